The van der Waals surface area contributed by atoms with E-state index in [0.29, 0.717) is 17.0 Å². The summed E-state index contributed by atoms with van der Waals surface area (Å²) in [6.45, 7) is -1.42. The van der Waals surface area contributed by atoms with Crippen LogP contribution in [0.3, 0.4) is 0 Å². The number of thiol groups is 1. The molecule has 0 bridgehead atoms. The molecule has 3 N–H and O–H groups in total. The number of amides is 1. The van der Waals surface area contributed by atoms with E-state index in [9.17, 15) is 19.3 Å². The third kappa shape index (κ3) is 8.52. The number of aliphatic hydroxyl groups excluding tert-OH is 1. The predicted molar refractivity (Wildman–Crippen MR) is 176 cm³/mol. The van der Waals surface area contributed by atoms with Crippen LogP contribution >= 0.6 is 26.2 Å². The highest BCUT2D eigenvalue weighted by Crippen LogP contribution is 2.51. The first kappa shape index (κ1) is 36.9. The van der Waals surface area contributed by atoms with E-state index in [2.05, 4.69) is 47.5 Å². The smallest absolute Gasteiger partial charge is 0.388 e. The van der Waals surface area contributed by atoms with Crippen LogP contribution in [0.4, 0.5) is 10.3 Å². The van der Waals surface area contributed by atoms with Crippen molar-refractivity contribution in [1.82, 2.24) is 39.0 Å². The van der Waals surface area contributed by atoms with Gasteiger partial charge in [-0.1, -0.05) is 13.8 Å². The number of aliphatic hydroxyl groups is 1. The van der Waals surface area contributed by atoms with Gasteiger partial charge >= 0.3 is 13.9 Å². The Kier molecular flexibility index (Phi) is 12.1. The molecule has 4 aromatic heterocycles. The number of imidazole rings is 2. The number of hydrogen-bond acceptors (Lipinski definition) is 16. The Labute approximate surface area is 287 Å². The van der Waals surface area contributed by atoms with Crippen LogP contribution < -0.4 is 10.9 Å². The number of aromatic nitrogens is 8. The SMILES string of the molecule is CC(C)C(=O)Nc1nc2c(ncn2[C@@H]2O[C@H](COP(=S)(OCCC#N)OCCn3c(CO)nc4cncnc43)[C@@H](F)[C@H]2O[P+](=O)S)c(=O)[nH]1. The van der Waals surface area contributed by atoms with Crippen molar-refractivity contribution in [3.05, 3.63) is 35.0 Å². The highest BCUT2D eigenvalue weighted by molar-refractivity contribution is 8.39. The zero-order valence-electron chi connectivity index (χ0n) is 25.8. The van der Waals surface area contributed by atoms with Crippen molar-refractivity contribution in [3.8, 4) is 6.07 Å². The lowest BCUT2D eigenvalue weighted by Crippen LogP contribution is -2.31. The number of halogens is 1. The number of nitriles is 1. The summed E-state index contributed by atoms with van der Waals surface area (Å²) >= 11 is 9.34. The minimum absolute atomic E-state index is 0.0407. The fourth-order valence-electron chi connectivity index (χ4n) is 4.71. The molecule has 1 aliphatic heterocycles. The molecule has 19 nitrogen and oxygen atoms in total. The summed E-state index contributed by atoms with van der Waals surface area (Å²) in [4.78, 5) is 48.1. The zero-order valence-corrected chi connectivity index (χ0v) is 29.3. The topological polar surface area (TPSA) is 244 Å². The van der Waals surface area contributed by atoms with Gasteiger partial charge in [-0.15, -0.1) is 4.52 Å². The maximum Gasteiger partial charge on any atom is 0.582 e. The summed E-state index contributed by atoms with van der Waals surface area (Å²) in [5.41, 5.74) is -0.0237. The molecule has 4 aromatic rings. The van der Waals surface area contributed by atoms with E-state index in [1.165, 1.54) is 17.1 Å². The highest BCUT2D eigenvalue weighted by atomic mass is 32.7. The molecular weight excluding hydrogens is 729 g/mol. The molecule has 5 rings (SSSR count). The van der Waals surface area contributed by atoms with E-state index in [-0.39, 0.29) is 49.9 Å². The molecule has 1 fully saturated rings. The number of nitrogens with zero attached hydrogens (tertiary/aromatic N) is 8. The number of aromatic amines is 1. The minimum Gasteiger partial charge on any atom is -0.388 e. The van der Waals surface area contributed by atoms with E-state index >= 15 is 4.39 Å². The van der Waals surface area contributed by atoms with Crippen molar-refractivity contribution >= 4 is 72.2 Å². The van der Waals surface area contributed by atoms with Crippen LogP contribution in [0.1, 0.15) is 32.3 Å². The summed E-state index contributed by atoms with van der Waals surface area (Å²) in [5.74, 6) is -0.723. The number of hydrogen-bond donors (Lipinski definition) is 4. The molecule has 2 unspecified atom stereocenters. The largest absolute Gasteiger partial charge is 0.582 e. The standard InChI is InChI=1S/C25H29FN10O9P2S2/c1-13(2)22(38)33-25-32-21-18(23(39)34-25)30-12-36(21)24-19(45-46(40)48)17(26)15(44-24)10-43-47(49,41-6-3-4-27)42-7-5-35-16(9-37)31-14-8-28-11-29-20(14)35/h8,11-13,15,17,19,24,37H,3,5-7,9-10H2,1-2H3,(H2-,32,33,34,38,39,40,48)/p+1/t15-,17-,19-,24-,47?/m1/s1. The van der Waals surface area contributed by atoms with Gasteiger partial charge < -0.3 is 28.0 Å². The van der Waals surface area contributed by atoms with Gasteiger partial charge in [0.25, 0.3) is 5.56 Å². The molecule has 5 heterocycles. The molecule has 0 spiro atoms. The summed E-state index contributed by atoms with van der Waals surface area (Å²) < 4.78 is 59.3. The molecule has 0 aliphatic carbocycles. The number of H-pyrrole nitrogens is 1. The van der Waals surface area contributed by atoms with Gasteiger partial charge in [-0.25, -0.2) is 24.3 Å². The van der Waals surface area contributed by atoms with Crippen LogP contribution in [0.5, 0.6) is 0 Å². The second-order valence-electron chi connectivity index (χ2n) is 10.6. The second kappa shape index (κ2) is 16.1. The van der Waals surface area contributed by atoms with Gasteiger partial charge in [-0.3, -0.25) is 24.5 Å². The van der Waals surface area contributed by atoms with Crippen molar-refractivity contribution in [1.29, 1.82) is 5.26 Å². The van der Waals surface area contributed by atoms with E-state index in [0.717, 1.165) is 6.33 Å². The van der Waals surface area contributed by atoms with Crippen LogP contribution in [0.2, 0.25) is 0 Å². The number of rotatable bonds is 16. The van der Waals surface area contributed by atoms with Gasteiger partial charge in [-0.2, -0.15) is 10.2 Å². The number of carbonyl (C=O) groups is 1. The molecule has 262 valence electrons. The Morgan fingerprint density at radius 3 is 2.80 bits per heavy atom. The monoisotopic (exact) mass is 759 g/mol. The normalized spacial score (nSPS) is 20.9. The maximum atomic E-state index is 16.0. The Morgan fingerprint density at radius 1 is 1.31 bits per heavy atom. The fourth-order valence-corrected chi connectivity index (χ4v) is 7.26. The molecular formula is C25H30FN10O9P2S2+. The van der Waals surface area contributed by atoms with E-state index in [1.54, 1.807) is 18.4 Å². The predicted octanol–water partition coefficient (Wildman–Crippen LogP) is 2.44. The average molecular weight is 760 g/mol. The summed E-state index contributed by atoms with van der Waals surface area (Å²) in [6, 6.07) is 1.92. The van der Waals surface area contributed by atoms with Gasteiger partial charge in [0.2, 0.25) is 11.9 Å². The molecule has 0 radical (unpaired) electrons. The molecule has 1 aliphatic rings. The van der Waals surface area contributed by atoms with E-state index < -0.39 is 62.5 Å². The third-order valence-electron chi connectivity index (χ3n) is 7.00. The second-order valence-corrected chi connectivity index (χ2v) is 15.3. The van der Waals surface area contributed by atoms with Crippen LogP contribution in [0.25, 0.3) is 22.3 Å². The number of fused-ring (bicyclic) bond motifs is 2. The Balaban J connectivity index is 1.35. The fraction of sp³-hybridized carbons (Fsp3) is 0.520. The third-order valence-corrected chi connectivity index (χ3v) is 10.1. The van der Waals surface area contributed by atoms with Gasteiger partial charge in [-0.05, 0) is 16.4 Å². The Hall–Kier alpha value is -3.35. The average Bonchev–Trinajstić information content (AvgIpc) is 3.74. The lowest BCUT2D eigenvalue weighted by Gasteiger charge is -2.24. The van der Waals surface area contributed by atoms with Crippen LogP contribution in [-0.2, 0) is 57.1 Å². The summed E-state index contributed by atoms with van der Waals surface area (Å²) in [6.07, 6.45) is -2.38. The van der Waals surface area contributed by atoms with Crippen molar-refractivity contribution in [2.45, 2.75) is 58.0 Å². The number of nitrogens with one attached hydrogen (secondary N) is 2. The first-order chi connectivity index (χ1) is 23.4. The number of ether oxygens (including phenoxy) is 1. The highest BCUT2D eigenvalue weighted by Gasteiger charge is 2.52. The zero-order chi connectivity index (χ0) is 35.3. The minimum atomic E-state index is -3.66. The van der Waals surface area contributed by atoms with E-state index in [1.807, 2.05) is 6.07 Å². The first-order valence-electron chi connectivity index (χ1n) is 14.5. The summed E-state index contributed by atoms with van der Waals surface area (Å²) in [7, 11) is -2.64. The van der Waals surface area contributed by atoms with E-state index in [4.69, 9.17) is 39.9 Å². The van der Waals surface area contributed by atoms with Crippen molar-refractivity contribution in [2.24, 2.45) is 5.92 Å². The van der Waals surface area contributed by atoms with Gasteiger partial charge in [0, 0.05) is 12.5 Å². The van der Waals surface area contributed by atoms with Crippen LogP contribution in [0, 0.1) is 17.2 Å². The molecule has 1 saturated heterocycles. The Morgan fingerprint density at radius 2 is 2.08 bits per heavy atom. The molecule has 24 heteroatoms. The summed E-state index contributed by atoms with van der Waals surface area (Å²) in [5, 5.41) is 21.3. The van der Waals surface area contributed by atoms with Gasteiger partial charge in [0.05, 0.1) is 44.8 Å². The lowest BCUT2D eigenvalue weighted by molar-refractivity contribution is -0.118. The molecule has 6 atom stereocenters. The molecule has 1 amide bonds. The first-order valence-corrected chi connectivity index (χ1v) is 19.4. The van der Waals surface area contributed by atoms with Crippen LogP contribution in [-0.4, -0.2) is 88.3 Å². The van der Waals surface area contributed by atoms with Crippen molar-refractivity contribution in [2.75, 3.05) is 25.1 Å². The van der Waals surface area contributed by atoms with Gasteiger partial charge in [0.15, 0.2) is 35.3 Å². The lowest BCUT2D eigenvalue weighted by atomic mass is 10.1. The van der Waals surface area contributed by atoms with Crippen molar-refractivity contribution in [3.63, 3.8) is 0 Å². The molecule has 49 heavy (non-hydrogen) atoms. The number of anilines is 1. The van der Waals surface area contributed by atoms with Crippen molar-refractivity contribution < 1.29 is 41.7 Å². The van der Waals surface area contributed by atoms with Gasteiger partial charge in [0.1, 0.15) is 42.6 Å². The molecule has 0 aromatic carbocycles. The maximum absolute atomic E-state index is 16.0. The molecule has 0 saturated carbocycles. The van der Waals surface area contributed by atoms with Crippen LogP contribution in [0.15, 0.2) is 23.6 Å². The number of alkyl halides is 1. The quantitative estimate of drug-likeness (QED) is 0.0728. The number of carbonyl (C=O) groups excluding carboxylic acids is 1. The Bertz CT molecular complexity index is 1990.